The molecule has 0 N–H and O–H groups in total. The SMILES string of the molecule is C=C(I)C[C@@H]1O[C@H](C)C[C@@H]1O[Si](C)(C)C(C)(C)C. The van der Waals surface area contributed by atoms with Crippen molar-refractivity contribution >= 4 is 30.9 Å². The summed E-state index contributed by atoms with van der Waals surface area (Å²) in [5, 5.41) is 0.255. The summed E-state index contributed by atoms with van der Waals surface area (Å²) < 4.78 is 13.6. The fourth-order valence-electron chi connectivity index (χ4n) is 2.00. The molecule has 0 spiro atoms. The largest absolute Gasteiger partial charge is 0.411 e. The van der Waals surface area contributed by atoms with Gasteiger partial charge >= 0.3 is 0 Å². The molecule has 0 radical (unpaired) electrons. The van der Waals surface area contributed by atoms with Crippen molar-refractivity contribution in [1.82, 2.24) is 0 Å². The van der Waals surface area contributed by atoms with Crippen molar-refractivity contribution in [2.75, 3.05) is 0 Å². The molecule has 0 aliphatic carbocycles. The first-order valence-electron chi connectivity index (χ1n) is 6.69. The van der Waals surface area contributed by atoms with Crippen molar-refractivity contribution in [2.24, 2.45) is 0 Å². The summed E-state index contributed by atoms with van der Waals surface area (Å²) in [6.07, 6.45) is 2.66. The molecule has 0 aromatic carbocycles. The van der Waals surface area contributed by atoms with E-state index in [1.165, 1.54) is 0 Å². The second kappa shape index (κ2) is 5.93. The van der Waals surface area contributed by atoms with E-state index in [0.717, 1.165) is 16.4 Å². The third-order valence-electron chi connectivity index (χ3n) is 4.06. The van der Waals surface area contributed by atoms with Crippen LogP contribution in [0.3, 0.4) is 0 Å². The normalized spacial score (nSPS) is 29.6. The zero-order valence-electron chi connectivity index (χ0n) is 12.5. The second-order valence-corrected chi connectivity index (χ2v) is 13.1. The molecule has 0 aromatic rings. The predicted molar refractivity (Wildman–Crippen MR) is 88.8 cm³/mol. The van der Waals surface area contributed by atoms with Crippen molar-refractivity contribution in [3.8, 4) is 0 Å². The first kappa shape index (κ1) is 16.7. The summed E-state index contributed by atoms with van der Waals surface area (Å²) in [5.41, 5.74) is 0. The van der Waals surface area contributed by atoms with Gasteiger partial charge in [0.2, 0.25) is 0 Å². The second-order valence-electron chi connectivity index (χ2n) is 6.86. The fourth-order valence-corrected chi connectivity index (χ4v) is 3.79. The van der Waals surface area contributed by atoms with Gasteiger partial charge in [0, 0.05) is 12.8 Å². The molecule has 4 heteroatoms. The summed E-state index contributed by atoms with van der Waals surface area (Å²) in [4.78, 5) is 0. The molecule has 1 heterocycles. The van der Waals surface area contributed by atoms with Gasteiger partial charge in [0.25, 0.3) is 0 Å². The molecule has 2 nitrogen and oxygen atoms in total. The predicted octanol–water partition coefficient (Wildman–Crippen LogP) is 4.89. The van der Waals surface area contributed by atoms with Crippen LogP contribution in [0.1, 0.15) is 40.5 Å². The van der Waals surface area contributed by atoms with E-state index >= 15 is 0 Å². The third kappa shape index (κ3) is 4.32. The van der Waals surface area contributed by atoms with Crippen molar-refractivity contribution in [2.45, 2.75) is 77.0 Å². The maximum atomic E-state index is 6.52. The molecule has 1 fully saturated rings. The first-order chi connectivity index (χ1) is 8.03. The van der Waals surface area contributed by atoms with Crippen molar-refractivity contribution in [1.29, 1.82) is 0 Å². The molecule has 0 amide bonds. The van der Waals surface area contributed by atoms with Crippen LogP contribution >= 0.6 is 22.6 Å². The van der Waals surface area contributed by atoms with Gasteiger partial charge in [0.15, 0.2) is 8.32 Å². The van der Waals surface area contributed by atoms with Crippen LogP contribution in [0.2, 0.25) is 18.1 Å². The van der Waals surface area contributed by atoms with Gasteiger partial charge in [-0.1, -0.05) is 27.4 Å². The molecular weight excluding hydrogens is 355 g/mol. The standard InChI is InChI=1S/C14H27IO2Si/c1-10(15)8-12-13(9-11(2)16-12)17-18(6,7)14(3,4)5/h11-13H,1,8-9H2,2-7H3/t11-,12+,13+/m1/s1. The minimum Gasteiger partial charge on any atom is -0.411 e. The number of ether oxygens (including phenoxy) is 1. The highest BCUT2D eigenvalue weighted by Crippen LogP contribution is 2.40. The van der Waals surface area contributed by atoms with Crippen LogP contribution in [0.15, 0.2) is 10.2 Å². The van der Waals surface area contributed by atoms with Crippen molar-refractivity contribution in [3.63, 3.8) is 0 Å². The Hall–Kier alpha value is 0.607. The Bertz CT molecular complexity index is 309. The Morgan fingerprint density at radius 1 is 1.44 bits per heavy atom. The van der Waals surface area contributed by atoms with Crippen molar-refractivity contribution < 1.29 is 9.16 Å². The quantitative estimate of drug-likeness (QED) is 0.509. The molecule has 1 rings (SSSR count). The molecule has 0 saturated carbocycles. The Labute approximate surface area is 127 Å². The lowest BCUT2D eigenvalue weighted by Gasteiger charge is -2.39. The van der Waals surface area contributed by atoms with E-state index in [-0.39, 0.29) is 17.2 Å². The van der Waals surface area contributed by atoms with Gasteiger partial charge in [0.1, 0.15) is 0 Å². The van der Waals surface area contributed by atoms with Gasteiger partial charge in [-0.2, -0.15) is 0 Å². The molecular formula is C14H27IO2Si. The average molecular weight is 382 g/mol. The topological polar surface area (TPSA) is 18.5 Å². The Morgan fingerprint density at radius 3 is 2.44 bits per heavy atom. The summed E-state index contributed by atoms with van der Waals surface area (Å²) >= 11 is 2.28. The highest BCUT2D eigenvalue weighted by molar-refractivity contribution is 14.1. The van der Waals surface area contributed by atoms with E-state index in [1.807, 2.05) is 0 Å². The van der Waals surface area contributed by atoms with Gasteiger partial charge in [-0.25, -0.2) is 0 Å². The molecule has 1 saturated heterocycles. The first-order valence-corrected chi connectivity index (χ1v) is 10.7. The molecule has 0 bridgehead atoms. The monoisotopic (exact) mass is 382 g/mol. The van der Waals surface area contributed by atoms with Crippen LogP contribution < -0.4 is 0 Å². The van der Waals surface area contributed by atoms with Gasteiger partial charge < -0.3 is 9.16 Å². The van der Waals surface area contributed by atoms with Crippen LogP contribution in [0.5, 0.6) is 0 Å². The van der Waals surface area contributed by atoms with Crippen molar-refractivity contribution in [3.05, 3.63) is 10.2 Å². The molecule has 18 heavy (non-hydrogen) atoms. The lowest BCUT2D eigenvalue weighted by molar-refractivity contribution is 0.0220. The molecule has 0 unspecified atom stereocenters. The van der Waals surface area contributed by atoms with E-state index in [9.17, 15) is 0 Å². The summed E-state index contributed by atoms with van der Waals surface area (Å²) in [5.74, 6) is 0. The maximum Gasteiger partial charge on any atom is 0.192 e. The number of hydrogen-bond acceptors (Lipinski definition) is 2. The number of halogens is 1. The molecule has 0 aromatic heterocycles. The Kier molecular flexibility index (Phi) is 5.49. The molecule has 1 aliphatic heterocycles. The summed E-state index contributed by atoms with van der Waals surface area (Å²) in [6.45, 7) is 17.6. The number of hydrogen-bond donors (Lipinski definition) is 0. The lowest BCUT2D eigenvalue weighted by Crippen LogP contribution is -2.45. The van der Waals surface area contributed by atoms with E-state index in [1.54, 1.807) is 0 Å². The third-order valence-corrected chi connectivity index (χ3v) is 9.01. The number of rotatable bonds is 4. The van der Waals surface area contributed by atoms with Gasteiger partial charge in [0.05, 0.1) is 18.3 Å². The molecule has 106 valence electrons. The maximum absolute atomic E-state index is 6.52. The summed E-state index contributed by atoms with van der Waals surface area (Å²) in [7, 11) is -1.70. The highest BCUT2D eigenvalue weighted by atomic mass is 127. The summed E-state index contributed by atoms with van der Waals surface area (Å²) in [6, 6.07) is 0. The van der Waals surface area contributed by atoms with Gasteiger partial charge in [-0.3, -0.25) is 0 Å². The van der Waals surface area contributed by atoms with E-state index < -0.39 is 8.32 Å². The minimum absolute atomic E-state index is 0.193. The van der Waals surface area contributed by atoms with Crippen LogP contribution in [0.4, 0.5) is 0 Å². The molecule has 3 atom stereocenters. The van der Waals surface area contributed by atoms with Gasteiger partial charge in [-0.15, -0.1) is 0 Å². The van der Waals surface area contributed by atoms with Crippen LogP contribution in [-0.4, -0.2) is 26.6 Å². The zero-order valence-corrected chi connectivity index (χ0v) is 15.7. The Morgan fingerprint density at radius 2 is 2.00 bits per heavy atom. The molecule has 1 aliphatic rings. The van der Waals surface area contributed by atoms with Gasteiger partial charge in [-0.05, 0) is 51.2 Å². The minimum atomic E-state index is -1.70. The fraction of sp³-hybridized carbons (Fsp3) is 0.857. The average Bonchev–Trinajstić information content (AvgIpc) is 2.42. The zero-order chi connectivity index (χ0) is 14.1. The van der Waals surface area contributed by atoms with Crippen LogP contribution in [0, 0.1) is 0 Å². The van der Waals surface area contributed by atoms with E-state index in [0.29, 0.717) is 6.10 Å². The van der Waals surface area contributed by atoms with Crippen LogP contribution in [-0.2, 0) is 9.16 Å². The van der Waals surface area contributed by atoms with E-state index in [4.69, 9.17) is 9.16 Å². The smallest absolute Gasteiger partial charge is 0.192 e. The highest BCUT2D eigenvalue weighted by Gasteiger charge is 2.43. The Balaban J connectivity index is 2.72. The lowest BCUT2D eigenvalue weighted by atomic mass is 10.1. The van der Waals surface area contributed by atoms with E-state index in [2.05, 4.69) is 70.0 Å². The van der Waals surface area contributed by atoms with Crippen LogP contribution in [0.25, 0.3) is 0 Å².